The maximum absolute atomic E-state index is 12.2. The largest absolute Gasteiger partial charge is 0.379 e. The number of nitrogens with zero attached hydrogens (tertiary/aromatic N) is 2. The molecule has 2 heterocycles. The number of nitrogens with two attached hydrogens (primary N) is 1. The van der Waals surface area contributed by atoms with Crippen LogP contribution >= 0.6 is 24.8 Å². The summed E-state index contributed by atoms with van der Waals surface area (Å²) in [5.74, 6) is 1.06. The molecule has 0 aliphatic carbocycles. The fourth-order valence-corrected chi connectivity index (χ4v) is 2.98. The highest BCUT2D eigenvalue weighted by Gasteiger charge is 2.28. The van der Waals surface area contributed by atoms with E-state index in [1.165, 1.54) is 0 Å². The Hall–Kier alpha value is -0.0700. The van der Waals surface area contributed by atoms with E-state index in [1.807, 2.05) is 18.7 Å². The van der Waals surface area contributed by atoms with E-state index in [0.717, 1.165) is 58.8 Å². The molecule has 1 atom stereocenters. The second-order valence-corrected chi connectivity index (χ2v) is 6.45. The molecule has 2 saturated heterocycles. The highest BCUT2D eigenvalue weighted by molar-refractivity contribution is 5.85. The molecular weight excluding hydrogens is 325 g/mol. The van der Waals surface area contributed by atoms with Gasteiger partial charge in [-0.05, 0) is 24.7 Å². The summed E-state index contributed by atoms with van der Waals surface area (Å²) in [5, 5.41) is 0. The van der Waals surface area contributed by atoms with Gasteiger partial charge in [0.25, 0.3) is 0 Å². The minimum atomic E-state index is -0.342. The van der Waals surface area contributed by atoms with Gasteiger partial charge >= 0.3 is 0 Å². The maximum Gasteiger partial charge on any atom is 0.239 e. The van der Waals surface area contributed by atoms with Gasteiger partial charge in [-0.15, -0.1) is 24.8 Å². The van der Waals surface area contributed by atoms with Crippen molar-refractivity contribution in [2.24, 2.45) is 17.6 Å². The average Bonchev–Trinajstić information content (AvgIpc) is 2.47. The number of halogens is 2. The number of hydrogen-bond acceptors (Lipinski definition) is 4. The van der Waals surface area contributed by atoms with Crippen molar-refractivity contribution in [1.29, 1.82) is 0 Å². The zero-order valence-corrected chi connectivity index (χ0v) is 15.3. The van der Waals surface area contributed by atoms with Gasteiger partial charge in [-0.25, -0.2) is 0 Å². The van der Waals surface area contributed by atoms with Crippen LogP contribution in [0.5, 0.6) is 0 Å². The van der Waals surface area contributed by atoms with Crippen LogP contribution in [0, 0.1) is 11.8 Å². The molecule has 2 aliphatic heterocycles. The number of carbonyl (C=O) groups excluding carboxylic acids is 1. The highest BCUT2D eigenvalue weighted by atomic mass is 35.5. The zero-order chi connectivity index (χ0) is 14.5. The third-order valence-corrected chi connectivity index (χ3v) is 4.55. The van der Waals surface area contributed by atoms with Gasteiger partial charge in [-0.1, -0.05) is 13.8 Å². The lowest BCUT2D eigenvalue weighted by Crippen LogP contribution is -2.50. The molecule has 2 aliphatic rings. The van der Waals surface area contributed by atoms with E-state index in [9.17, 15) is 4.79 Å². The number of amides is 1. The molecule has 132 valence electrons. The summed E-state index contributed by atoms with van der Waals surface area (Å²) in [5.41, 5.74) is 5.96. The van der Waals surface area contributed by atoms with Crippen molar-refractivity contribution in [2.45, 2.75) is 32.7 Å². The van der Waals surface area contributed by atoms with Crippen LogP contribution in [-0.4, -0.2) is 67.7 Å². The van der Waals surface area contributed by atoms with Crippen LogP contribution in [0.4, 0.5) is 0 Å². The number of hydrogen-bond donors (Lipinski definition) is 1. The van der Waals surface area contributed by atoms with Crippen LogP contribution in [0.1, 0.15) is 26.7 Å². The molecule has 0 aromatic rings. The van der Waals surface area contributed by atoms with Gasteiger partial charge in [0, 0.05) is 32.7 Å². The Bertz CT molecular complexity index is 318. The number of piperidine rings is 1. The van der Waals surface area contributed by atoms with E-state index < -0.39 is 0 Å². The van der Waals surface area contributed by atoms with E-state index in [0.29, 0.717) is 5.92 Å². The van der Waals surface area contributed by atoms with E-state index in [-0.39, 0.29) is 42.7 Å². The first-order valence-corrected chi connectivity index (χ1v) is 7.92. The first-order valence-electron chi connectivity index (χ1n) is 7.92. The molecule has 0 bridgehead atoms. The summed E-state index contributed by atoms with van der Waals surface area (Å²) in [6, 6.07) is -0.342. The minimum absolute atomic E-state index is 0. The average molecular weight is 356 g/mol. The molecule has 0 unspecified atom stereocenters. The van der Waals surface area contributed by atoms with E-state index in [4.69, 9.17) is 10.5 Å². The quantitative estimate of drug-likeness (QED) is 0.827. The number of morpholine rings is 1. The summed E-state index contributed by atoms with van der Waals surface area (Å²) in [6.07, 6.45) is 2.21. The number of rotatable bonds is 4. The van der Waals surface area contributed by atoms with Crippen molar-refractivity contribution in [1.82, 2.24) is 9.80 Å². The molecule has 2 rings (SSSR count). The van der Waals surface area contributed by atoms with Gasteiger partial charge in [0.2, 0.25) is 5.91 Å². The topological polar surface area (TPSA) is 58.8 Å². The summed E-state index contributed by atoms with van der Waals surface area (Å²) in [6.45, 7) is 10.7. The lowest BCUT2D eigenvalue weighted by Gasteiger charge is -2.37. The first kappa shape index (κ1) is 21.9. The predicted octanol–water partition coefficient (Wildman–Crippen LogP) is 1.38. The van der Waals surface area contributed by atoms with Crippen molar-refractivity contribution in [3.05, 3.63) is 0 Å². The zero-order valence-electron chi connectivity index (χ0n) is 13.7. The van der Waals surface area contributed by atoms with Crippen LogP contribution in [-0.2, 0) is 9.53 Å². The molecule has 0 radical (unpaired) electrons. The second kappa shape index (κ2) is 10.7. The maximum atomic E-state index is 12.2. The predicted molar refractivity (Wildman–Crippen MR) is 93.9 cm³/mol. The molecule has 1 amide bonds. The fourth-order valence-electron chi connectivity index (χ4n) is 2.98. The Kier molecular flexibility index (Phi) is 10.6. The van der Waals surface area contributed by atoms with Gasteiger partial charge in [0.15, 0.2) is 0 Å². The van der Waals surface area contributed by atoms with Crippen molar-refractivity contribution in [2.75, 3.05) is 45.9 Å². The monoisotopic (exact) mass is 355 g/mol. The lowest BCUT2D eigenvalue weighted by molar-refractivity contribution is -0.135. The molecule has 0 aromatic heterocycles. The smallest absolute Gasteiger partial charge is 0.239 e. The molecule has 2 N–H and O–H groups in total. The second-order valence-electron chi connectivity index (χ2n) is 6.45. The van der Waals surface area contributed by atoms with Gasteiger partial charge in [0.1, 0.15) is 0 Å². The van der Waals surface area contributed by atoms with Crippen molar-refractivity contribution >= 4 is 30.7 Å². The van der Waals surface area contributed by atoms with Crippen LogP contribution in [0.2, 0.25) is 0 Å². The number of likely N-dealkylation sites (tertiary alicyclic amines) is 1. The van der Waals surface area contributed by atoms with E-state index in [2.05, 4.69) is 4.90 Å². The van der Waals surface area contributed by atoms with E-state index in [1.54, 1.807) is 0 Å². The summed E-state index contributed by atoms with van der Waals surface area (Å²) in [4.78, 5) is 16.7. The Balaban J connectivity index is 0.00000220. The third-order valence-electron chi connectivity index (χ3n) is 4.55. The molecule has 22 heavy (non-hydrogen) atoms. The molecule has 2 fully saturated rings. The van der Waals surface area contributed by atoms with Crippen molar-refractivity contribution in [3.63, 3.8) is 0 Å². The summed E-state index contributed by atoms with van der Waals surface area (Å²) >= 11 is 0. The summed E-state index contributed by atoms with van der Waals surface area (Å²) < 4.78 is 5.38. The molecular formula is C15H31Cl2N3O2. The normalized spacial score (nSPS) is 21.9. The first-order chi connectivity index (χ1) is 9.58. The van der Waals surface area contributed by atoms with Crippen LogP contribution in [0.15, 0.2) is 0 Å². The van der Waals surface area contributed by atoms with Crippen LogP contribution in [0.25, 0.3) is 0 Å². The van der Waals surface area contributed by atoms with Gasteiger partial charge in [-0.2, -0.15) is 0 Å². The van der Waals surface area contributed by atoms with Gasteiger partial charge in [0.05, 0.1) is 19.3 Å². The fraction of sp³-hybridized carbons (Fsp3) is 0.933. The highest BCUT2D eigenvalue weighted by Crippen LogP contribution is 2.20. The van der Waals surface area contributed by atoms with Crippen LogP contribution in [0.3, 0.4) is 0 Å². The SMILES string of the molecule is CC(C)[C@@H](N)C(=O)N1CCC(CN2CCOCC2)CC1.Cl.Cl. The Morgan fingerprint density at radius 1 is 1.14 bits per heavy atom. The third kappa shape index (κ3) is 6.20. The van der Waals surface area contributed by atoms with Gasteiger partial charge in [-0.3, -0.25) is 9.69 Å². The number of carbonyl (C=O) groups is 1. The number of ether oxygens (including phenoxy) is 1. The molecule has 0 spiro atoms. The van der Waals surface area contributed by atoms with Crippen molar-refractivity contribution < 1.29 is 9.53 Å². The summed E-state index contributed by atoms with van der Waals surface area (Å²) in [7, 11) is 0. The van der Waals surface area contributed by atoms with Crippen LogP contribution < -0.4 is 5.73 Å². The Labute approximate surface area is 146 Å². The van der Waals surface area contributed by atoms with Crippen molar-refractivity contribution in [3.8, 4) is 0 Å². The van der Waals surface area contributed by atoms with E-state index >= 15 is 0 Å². The molecule has 0 saturated carbocycles. The minimum Gasteiger partial charge on any atom is -0.379 e. The standard InChI is InChI=1S/C15H29N3O2.2ClH/c1-12(2)14(16)15(19)18-5-3-13(4-6-18)11-17-7-9-20-10-8-17;;/h12-14H,3-11,16H2,1-2H3;2*1H/t14-;;/m1../s1. The molecule has 7 heteroatoms. The Morgan fingerprint density at radius 3 is 2.18 bits per heavy atom. The molecule has 5 nitrogen and oxygen atoms in total. The van der Waals surface area contributed by atoms with Gasteiger partial charge < -0.3 is 15.4 Å². The molecule has 0 aromatic carbocycles. The Morgan fingerprint density at radius 2 is 1.68 bits per heavy atom. The lowest BCUT2D eigenvalue weighted by atomic mass is 9.94.